The summed E-state index contributed by atoms with van der Waals surface area (Å²) < 4.78 is 6.61. The summed E-state index contributed by atoms with van der Waals surface area (Å²) in [6.45, 7) is -0.0651. The van der Waals surface area contributed by atoms with E-state index in [4.69, 9.17) is 4.74 Å². The molecule has 0 aliphatic carbocycles. The molecule has 0 bridgehead atoms. The molecule has 162 valence electrons. The summed E-state index contributed by atoms with van der Waals surface area (Å²) in [6, 6.07) is 25.0. The molecular weight excluding hydrogens is 432 g/mol. The normalized spacial score (nSPS) is 10.9. The zero-order valence-corrected chi connectivity index (χ0v) is 18.7. The number of benzene rings is 3. The maximum atomic E-state index is 13.3. The summed E-state index contributed by atoms with van der Waals surface area (Å²) in [5.74, 6) is 0.608. The van der Waals surface area contributed by atoms with Crippen LogP contribution in [0.2, 0.25) is 0 Å². The number of Topliss-reactive ketones (excluding diaryl/α,β-unsaturated/α-hetero) is 1. The van der Waals surface area contributed by atoms with Gasteiger partial charge in [0.1, 0.15) is 10.6 Å². The Hall–Kier alpha value is -4.03. The lowest BCUT2D eigenvalue weighted by atomic mass is 10.0. The monoisotopic (exact) mass is 452 g/mol. The molecule has 3 aromatic carbocycles. The van der Waals surface area contributed by atoms with E-state index in [1.807, 2.05) is 72.1 Å². The number of aromatic nitrogens is 2. The molecule has 0 unspecified atom stereocenters. The number of carbonyl (C=O) groups is 1. The molecule has 0 amide bonds. The zero-order valence-electron chi connectivity index (χ0n) is 17.9. The minimum atomic E-state index is -0.221. The van der Waals surface area contributed by atoms with Crippen molar-refractivity contribution >= 4 is 27.3 Å². The van der Waals surface area contributed by atoms with Crippen molar-refractivity contribution < 1.29 is 9.53 Å². The fourth-order valence-corrected chi connectivity index (χ4v) is 4.69. The lowest BCUT2D eigenvalue weighted by molar-refractivity contribution is 0.0970. The van der Waals surface area contributed by atoms with Gasteiger partial charge in [-0.05, 0) is 28.8 Å². The number of carbonyl (C=O) groups excluding carboxylic acids is 1. The fourth-order valence-electron chi connectivity index (χ4n) is 3.79. The molecule has 0 aliphatic heterocycles. The Morgan fingerprint density at radius 2 is 1.58 bits per heavy atom. The van der Waals surface area contributed by atoms with Gasteiger partial charge in [0.15, 0.2) is 5.78 Å². The molecule has 0 fully saturated rings. The smallest absolute Gasteiger partial charge is 0.263 e. The number of nitrogens with zero attached hydrogens (tertiary/aromatic N) is 2. The molecule has 5 aromatic rings. The highest BCUT2D eigenvalue weighted by Crippen LogP contribution is 2.31. The van der Waals surface area contributed by atoms with Gasteiger partial charge in [-0.1, -0.05) is 66.7 Å². The van der Waals surface area contributed by atoms with E-state index in [1.165, 1.54) is 22.2 Å². The number of fused-ring (bicyclic) bond motifs is 1. The molecule has 2 heterocycles. The van der Waals surface area contributed by atoms with Crippen molar-refractivity contribution in [3.63, 3.8) is 0 Å². The average Bonchev–Trinajstić information content (AvgIpc) is 3.31. The van der Waals surface area contributed by atoms with Crippen LogP contribution in [0.3, 0.4) is 0 Å². The standard InChI is InChI=1S/C27H20N2O3S/c1-32-22-13-11-20(12-14-22)23-16-33-26-25(23)27(31)29(17-28-26)15-24(30)21-9-7-19(8-10-21)18-5-3-2-4-6-18/h2-14,16-17H,15H2,1H3. The second-order valence-corrected chi connectivity index (χ2v) is 8.46. The van der Waals surface area contributed by atoms with E-state index in [-0.39, 0.29) is 17.9 Å². The van der Waals surface area contributed by atoms with E-state index in [0.29, 0.717) is 15.8 Å². The molecule has 0 spiro atoms. The first kappa shape index (κ1) is 20.8. The Morgan fingerprint density at radius 3 is 2.27 bits per heavy atom. The quantitative estimate of drug-likeness (QED) is 0.311. The van der Waals surface area contributed by atoms with Gasteiger partial charge in [-0.25, -0.2) is 4.98 Å². The van der Waals surface area contributed by atoms with Crippen LogP contribution in [0.4, 0.5) is 0 Å². The summed E-state index contributed by atoms with van der Waals surface area (Å²) >= 11 is 1.42. The summed E-state index contributed by atoms with van der Waals surface area (Å²) in [7, 11) is 1.61. The molecule has 33 heavy (non-hydrogen) atoms. The molecule has 6 heteroatoms. The van der Waals surface area contributed by atoms with Gasteiger partial charge < -0.3 is 4.74 Å². The van der Waals surface area contributed by atoms with Crippen LogP contribution < -0.4 is 10.3 Å². The van der Waals surface area contributed by atoms with Crippen LogP contribution in [-0.4, -0.2) is 22.4 Å². The zero-order chi connectivity index (χ0) is 22.8. The van der Waals surface area contributed by atoms with Crippen LogP contribution >= 0.6 is 11.3 Å². The summed E-state index contributed by atoms with van der Waals surface area (Å²) in [4.78, 5) is 31.3. The van der Waals surface area contributed by atoms with Gasteiger partial charge in [0.05, 0.1) is 25.4 Å². The molecule has 0 saturated carbocycles. The van der Waals surface area contributed by atoms with Crippen molar-refractivity contribution in [2.75, 3.05) is 7.11 Å². The predicted octanol–water partition coefficient (Wildman–Crippen LogP) is 5.68. The first-order chi connectivity index (χ1) is 16.1. The van der Waals surface area contributed by atoms with Gasteiger partial charge in [0.25, 0.3) is 5.56 Å². The van der Waals surface area contributed by atoms with Crippen LogP contribution in [0, 0.1) is 0 Å². The van der Waals surface area contributed by atoms with Crippen molar-refractivity contribution in [2.24, 2.45) is 0 Å². The van der Waals surface area contributed by atoms with Crippen LogP contribution in [-0.2, 0) is 6.54 Å². The minimum Gasteiger partial charge on any atom is -0.497 e. The second-order valence-electron chi connectivity index (χ2n) is 7.60. The largest absolute Gasteiger partial charge is 0.497 e. The maximum absolute atomic E-state index is 13.3. The van der Waals surface area contributed by atoms with Crippen LogP contribution in [0.1, 0.15) is 10.4 Å². The third kappa shape index (κ3) is 4.08. The molecule has 0 saturated heterocycles. The van der Waals surface area contributed by atoms with Crippen molar-refractivity contribution in [3.8, 4) is 28.0 Å². The van der Waals surface area contributed by atoms with Gasteiger partial charge in [-0.2, -0.15) is 0 Å². The van der Waals surface area contributed by atoms with Gasteiger partial charge >= 0.3 is 0 Å². The van der Waals surface area contributed by atoms with E-state index in [9.17, 15) is 9.59 Å². The number of ether oxygens (including phenoxy) is 1. The third-order valence-corrected chi connectivity index (χ3v) is 6.48. The molecule has 0 radical (unpaired) electrons. The number of rotatable bonds is 6. The number of hydrogen-bond acceptors (Lipinski definition) is 5. The van der Waals surface area contributed by atoms with Crippen molar-refractivity contribution in [1.29, 1.82) is 0 Å². The first-order valence-corrected chi connectivity index (χ1v) is 11.3. The van der Waals surface area contributed by atoms with Crippen LogP contribution in [0.5, 0.6) is 5.75 Å². The van der Waals surface area contributed by atoms with Gasteiger partial charge in [0.2, 0.25) is 0 Å². The Kier molecular flexibility index (Phi) is 5.59. The van der Waals surface area contributed by atoms with Crippen molar-refractivity contribution in [2.45, 2.75) is 6.54 Å². The summed E-state index contributed by atoms with van der Waals surface area (Å²) in [5, 5.41) is 2.45. The number of ketones is 1. The third-order valence-electron chi connectivity index (χ3n) is 5.59. The minimum absolute atomic E-state index is 0.0651. The lowest BCUT2D eigenvalue weighted by Gasteiger charge is -2.07. The second kappa shape index (κ2) is 8.84. The van der Waals surface area contributed by atoms with Crippen molar-refractivity contribution in [3.05, 3.63) is 106 Å². The number of hydrogen-bond donors (Lipinski definition) is 0. The van der Waals surface area contributed by atoms with Gasteiger partial charge in [0, 0.05) is 16.5 Å². The molecular formula is C27H20N2O3S. The molecule has 0 N–H and O–H groups in total. The van der Waals surface area contributed by atoms with E-state index in [2.05, 4.69) is 4.98 Å². The summed E-state index contributed by atoms with van der Waals surface area (Å²) in [6.07, 6.45) is 1.45. The highest BCUT2D eigenvalue weighted by Gasteiger charge is 2.15. The van der Waals surface area contributed by atoms with Gasteiger partial charge in [-0.15, -0.1) is 11.3 Å². The van der Waals surface area contributed by atoms with Crippen LogP contribution in [0.25, 0.3) is 32.5 Å². The Morgan fingerprint density at radius 1 is 0.909 bits per heavy atom. The topological polar surface area (TPSA) is 61.2 Å². The lowest BCUT2D eigenvalue weighted by Crippen LogP contribution is -2.24. The van der Waals surface area contributed by atoms with Crippen LogP contribution in [0.15, 0.2) is 95.4 Å². The van der Waals surface area contributed by atoms with Gasteiger partial charge in [-0.3, -0.25) is 14.2 Å². The molecule has 0 aliphatic rings. The number of methoxy groups -OCH3 is 1. The highest BCUT2D eigenvalue weighted by molar-refractivity contribution is 7.17. The van der Waals surface area contributed by atoms with E-state index in [1.54, 1.807) is 19.2 Å². The Bertz CT molecular complexity index is 1490. The van der Waals surface area contributed by atoms with E-state index in [0.717, 1.165) is 28.0 Å². The number of thiophene rings is 1. The fraction of sp³-hybridized carbons (Fsp3) is 0.0741. The Labute approximate surface area is 194 Å². The Balaban J connectivity index is 1.43. The average molecular weight is 453 g/mol. The predicted molar refractivity (Wildman–Crippen MR) is 132 cm³/mol. The highest BCUT2D eigenvalue weighted by atomic mass is 32.1. The molecule has 0 atom stereocenters. The molecule has 5 nitrogen and oxygen atoms in total. The summed E-state index contributed by atoms with van der Waals surface area (Å²) in [5.41, 5.74) is 4.18. The SMILES string of the molecule is COc1ccc(-c2csc3ncn(CC(=O)c4ccc(-c5ccccc5)cc4)c(=O)c23)cc1. The van der Waals surface area contributed by atoms with Crippen molar-refractivity contribution in [1.82, 2.24) is 9.55 Å². The first-order valence-electron chi connectivity index (χ1n) is 10.4. The maximum Gasteiger partial charge on any atom is 0.263 e. The van der Waals surface area contributed by atoms with E-state index >= 15 is 0 Å². The molecule has 2 aromatic heterocycles. The molecule has 5 rings (SSSR count). The van der Waals surface area contributed by atoms with E-state index < -0.39 is 0 Å².